The van der Waals surface area contributed by atoms with Crippen molar-refractivity contribution in [2.24, 2.45) is 46.3 Å². The number of aliphatic hydroxyl groups excluding tert-OH is 1. The Morgan fingerprint density at radius 3 is 2.41 bits per heavy atom. The van der Waals surface area contributed by atoms with Gasteiger partial charge in [0.2, 0.25) is 0 Å². The molecule has 4 rings (SSSR count). The van der Waals surface area contributed by atoms with Crippen LogP contribution < -0.4 is 0 Å². The molecule has 0 spiro atoms. The van der Waals surface area contributed by atoms with Crippen LogP contribution in [0.5, 0.6) is 0 Å². The van der Waals surface area contributed by atoms with Crippen molar-refractivity contribution in [3.05, 3.63) is 0 Å². The van der Waals surface area contributed by atoms with Gasteiger partial charge in [0.1, 0.15) is 0 Å². The molecule has 29 heavy (non-hydrogen) atoms. The first kappa shape index (κ1) is 21.5. The molecule has 5 heteroatoms. The van der Waals surface area contributed by atoms with Crippen molar-refractivity contribution in [3.8, 4) is 0 Å². The van der Waals surface area contributed by atoms with E-state index in [1.807, 2.05) is 0 Å². The fourth-order valence-electron chi connectivity index (χ4n) is 8.66. The molecule has 0 radical (unpaired) electrons. The smallest absolute Gasteiger partial charge is 0.303 e. The van der Waals surface area contributed by atoms with Crippen LogP contribution in [0.2, 0.25) is 0 Å². The summed E-state index contributed by atoms with van der Waals surface area (Å²) in [6.45, 7) is 6.60. The second-order valence-corrected chi connectivity index (χ2v) is 11.5. The normalized spacial score (nSPS) is 49.6. The van der Waals surface area contributed by atoms with Gasteiger partial charge in [0, 0.05) is 18.8 Å². The van der Waals surface area contributed by atoms with Crippen LogP contribution in [-0.2, 0) is 4.79 Å². The topological polar surface area (TPSA) is 57.5 Å². The molecule has 4 fully saturated rings. The van der Waals surface area contributed by atoms with Crippen molar-refractivity contribution in [1.82, 2.24) is 0 Å². The van der Waals surface area contributed by atoms with Gasteiger partial charge >= 0.3 is 5.97 Å². The maximum atomic E-state index is 15.6. The fourth-order valence-corrected chi connectivity index (χ4v) is 8.66. The molecule has 9 atom stereocenters. The highest BCUT2D eigenvalue weighted by atomic mass is 19.3. The Morgan fingerprint density at radius 1 is 1.07 bits per heavy atom. The molecule has 3 nitrogen and oxygen atoms in total. The third kappa shape index (κ3) is 3.34. The van der Waals surface area contributed by atoms with Crippen LogP contribution in [0.4, 0.5) is 8.78 Å². The quantitative estimate of drug-likeness (QED) is 0.618. The summed E-state index contributed by atoms with van der Waals surface area (Å²) < 4.78 is 31.3. The van der Waals surface area contributed by atoms with Crippen molar-refractivity contribution in [2.75, 3.05) is 0 Å². The highest BCUT2D eigenvalue weighted by molar-refractivity contribution is 5.66. The van der Waals surface area contributed by atoms with Crippen molar-refractivity contribution in [1.29, 1.82) is 0 Å². The molecule has 4 aliphatic carbocycles. The summed E-state index contributed by atoms with van der Waals surface area (Å²) in [7, 11) is 0. The van der Waals surface area contributed by atoms with Gasteiger partial charge in [-0.05, 0) is 91.8 Å². The number of hydrogen-bond acceptors (Lipinski definition) is 2. The first-order valence-corrected chi connectivity index (χ1v) is 11.8. The highest BCUT2D eigenvalue weighted by Crippen LogP contribution is 2.71. The minimum atomic E-state index is -2.66. The van der Waals surface area contributed by atoms with Crippen molar-refractivity contribution in [2.45, 2.75) is 97.0 Å². The summed E-state index contributed by atoms with van der Waals surface area (Å²) in [5.74, 6) is -3.33. The van der Waals surface area contributed by atoms with E-state index in [4.69, 9.17) is 5.11 Å². The Hall–Kier alpha value is -0.710. The van der Waals surface area contributed by atoms with Crippen LogP contribution in [0.25, 0.3) is 0 Å². The van der Waals surface area contributed by atoms with E-state index in [9.17, 15) is 9.90 Å². The molecule has 0 aromatic rings. The second kappa shape index (κ2) is 7.17. The van der Waals surface area contributed by atoms with E-state index in [1.165, 1.54) is 0 Å². The number of carboxylic acid groups (broad SMARTS) is 1. The number of carboxylic acids is 1. The van der Waals surface area contributed by atoms with Crippen LogP contribution in [-0.4, -0.2) is 28.2 Å². The average molecular weight is 413 g/mol. The number of aliphatic carboxylic acids is 1. The molecule has 0 aromatic heterocycles. The standard InChI is InChI=1S/C24H38F2O3/c1-14(4-7-20(28)29)17-5-6-18-21-19(9-11-23(17,18)3)22(2)10-8-16(27)12-15(22)13-24(21,25)26/h14-19,21,27H,4-13H2,1-3H3,(H,28,29)/t14-,15+,16-,17?,18+,19+,21+,22+,23-/m1/s1. The van der Waals surface area contributed by atoms with Crippen LogP contribution in [0.15, 0.2) is 0 Å². The lowest BCUT2D eigenvalue weighted by atomic mass is 9.43. The zero-order chi connectivity index (χ0) is 21.2. The summed E-state index contributed by atoms with van der Waals surface area (Å²) in [5, 5.41) is 19.2. The zero-order valence-corrected chi connectivity index (χ0v) is 18.2. The van der Waals surface area contributed by atoms with Gasteiger partial charge in [-0.1, -0.05) is 20.8 Å². The van der Waals surface area contributed by atoms with Crippen LogP contribution >= 0.6 is 0 Å². The maximum Gasteiger partial charge on any atom is 0.303 e. The van der Waals surface area contributed by atoms with Gasteiger partial charge in [-0.15, -0.1) is 0 Å². The molecule has 0 aromatic carbocycles. The molecule has 4 aliphatic rings. The van der Waals surface area contributed by atoms with E-state index in [0.29, 0.717) is 18.8 Å². The molecule has 0 bridgehead atoms. The number of rotatable bonds is 4. The Morgan fingerprint density at radius 2 is 1.72 bits per heavy atom. The summed E-state index contributed by atoms with van der Waals surface area (Å²) in [4.78, 5) is 11.0. The molecule has 0 aliphatic heterocycles. The van der Waals surface area contributed by atoms with Gasteiger partial charge < -0.3 is 10.2 Å². The molecule has 2 N–H and O–H groups in total. The second-order valence-electron chi connectivity index (χ2n) is 11.5. The molecule has 166 valence electrons. The third-order valence-corrected chi connectivity index (χ3v) is 10.2. The van der Waals surface area contributed by atoms with Gasteiger partial charge in [-0.2, -0.15) is 0 Å². The Bertz CT molecular complexity index is 652. The minimum Gasteiger partial charge on any atom is -0.481 e. The number of alkyl halides is 2. The zero-order valence-electron chi connectivity index (χ0n) is 18.2. The molecule has 0 heterocycles. The summed E-state index contributed by atoms with van der Waals surface area (Å²) >= 11 is 0. The summed E-state index contributed by atoms with van der Waals surface area (Å²) in [5.41, 5.74) is -0.167. The largest absolute Gasteiger partial charge is 0.481 e. The number of carbonyl (C=O) groups is 1. The predicted octanol–water partition coefficient (Wildman–Crippen LogP) is 5.75. The number of hydrogen-bond donors (Lipinski definition) is 2. The summed E-state index contributed by atoms with van der Waals surface area (Å²) in [6.07, 6.45) is 6.16. The lowest BCUT2D eigenvalue weighted by Crippen LogP contribution is -2.61. The van der Waals surface area contributed by atoms with E-state index < -0.39 is 23.9 Å². The highest BCUT2D eigenvalue weighted by Gasteiger charge is 2.68. The molecule has 0 amide bonds. The molecular formula is C24H38F2O3. The van der Waals surface area contributed by atoms with Crippen LogP contribution in [0.3, 0.4) is 0 Å². The van der Waals surface area contributed by atoms with Crippen LogP contribution in [0, 0.1) is 46.3 Å². The summed E-state index contributed by atoms with van der Waals surface area (Å²) in [6, 6.07) is 0. The first-order chi connectivity index (χ1) is 13.5. The SMILES string of the molecule is C[C@H](CCC(=O)O)C1CC[C@H]2[C@H]3[C@H](CC[C@]12C)[C@@]1(C)CC[C@@H](O)C[C@H]1CC3(F)F. The minimum absolute atomic E-state index is 0.0400. The molecule has 1 unspecified atom stereocenters. The van der Waals surface area contributed by atoms with Crippen molar-refractivity contribution in [3.63, 3.8) is 0 Å². The number of aliphatic hydroxyl groups is 1. The Labute approximate surface area is 173 Å². The van der Waals surface area contributed by atoms with Gasteiger partial charge in [0.25, 0.3) is 5.92 Å². The number of fused-ring (bicyclic) bond motifs is 5. The fraction of sp³-hybridized carbons (Fsp3) is 0.958. The van der Waals surface area contributed by atoms with Gasteiger partial charge in [-0.3, -0.25) is 4.79 Å². The third-order valence-electron chi connectivity index (χ3n) is 10.2. The van der Waals surface area contributed by atoms with E-state index in [1.54, 1.807) is 0 Å². The lowest BCUT2D eigenvalue weighted by Gasteiger charge is -2.63. The Balaban J connectivity index is 1.60. The van der Waals surface area contributed by atoms with E-state index in [2.05, 4.69) is 20.8 Å². The van der Waals surface area contributed by atoms with E-state index in [-0.39, 0.29) is 47.3 Å². The van der Waals surface area contributed by atoms with Crippen LogP contribution in [0.1, 0.15) is 85.0 Å². The lowest BCUT2D eigenvalue weighted by molar-refractivity contribution is -0.238. The van der Waals surface area contributed by atoms with E-state index >= 15 is 8.78 Å². The van der Waals surface area contributed by atoms with Crippen molar-refractivity contribution < 1.29 is 23.8 Å². The molecule has 0 saturated heterocycles. The average Bonchev–Trinajstić information content (AvgIpc) is 2.98. The number of halogens is 2. The Kier molecular flexibility index (Phi) is 5.32. The van der Waals surface area contributed by atoms with Crippen molar-refractivity contribution >= 4 is 5.97 Å². The van der Waals surface area contributed by atoms with Gasteiger partial charge in [0.15, 0.2) is 0 Å². The maximum absolute atomic E-state index is 15.6. The molecule has 4 saturated carbocycles. The van der Waals surface area contributed by atoms with E-state index in [0.717, 1.165) is 38.5 Å². The van der Waals surface area contributed by atoms with Gasteiger partial charge in [0.05, 0.1) is 6.10 Å². The first-order valence-electron chi connectivity index (χ1n) is 11.8. The molecular weight excluding hydrogens is 374 g/mol. The predicted molar refractivity (Wildman–Crippen MR) is 108 cm³/mol. The monoisotopic (exact) mass is 412 g/mol. The van der Waals surface area contributed by atoms with Gasteiger partial charge in [-0.25, -0.2) is 8.78 Å².